The van der Waals surface area contributed by atoms with Gasteiger partial charge in [0.2, 0.25) is 0 Å². The van der Waals surface area contributed by atoms with E-state index in [1.807, 2.05) is 20.0 Å². The Kier molecular flexibility index (Phi) is 5.86. The maximum atomic E-state index is 12.9. The number of nitrogens with one attached hydrogen (secondary N) is 1. The van der Waals surface area contributed by atoms with Crippen molar-refractivity contribution in [3.05, 3.63) is 65.5 Å². The van der Waals surface area contributed by atoms with Gasteiger partial charge in [-0.25, -0.2) is 9.97 Å². The summed E-state index contributed by atoms with van der Waals surface area (Å²) in [6, 6.07) is 12.0. The summed E-state index contributed by atoms with van der Waals surface area (Å²) in [5.74, 6) is 1.08. The van der Waals surface area contributed by atoms with Gasteiger partial charge < -0.3 is 16.0 Å². The first-order valence-corrected chi connectivity index (χ1v) is 11.8. The molecule has 8 heteroatoms. The van der Waals surface area contributed by atoms with Crippen LogP contribution < -0.4 is 16.0 Å². The summed E-state index contributed by atoms with van der Waals surface area (Å²) >= 11 is 1.73. The lowest BCUT2D eigenvalue weighted by Gasteiger charge is -2.37. The lowest BCUT2D eigenvalue weighted by molar-refractivity contribution is 0.102. The molecule has 1 aromatic carbocycles. The first kappa shape index (κ1) is 21.6. The van der Waals surface area contributed by atoms with E-state index in [4.69, 9.17) is 5.73 Å². The van der Waals surface area contributed by atoms with Gasteiger partial charge in [0.25, 0.3) is 5.91 Å². The molecule has 0 atom stereocenters. The number of amides is 1. The first-order chi connectivity index (χ1) is 16.0. The van der Waals surface area contributed by atoms with Gasteiger partial charge in [-0.1, -0.05) is 29.5 Å². The number of hydrogen-bond donors (Lipinski definition) is 2. The van der Waals surface area contributed by atoms with E-state index in [0.717, 1.165) is 47.6 Å². The molecule has 0 radical (unpaired) electrons. The number of allylic oxidation sites excluding steroid dienone is 1. The molecule has 0 unspecified atom stereocenters. The lowest BCUT2D eigenvalue weighted by Crippen LogP contribution is -2.56. The van der Waals surface area contributed by atoms with E-state index in [1.165, 1.54) is 16.0 Å². The topological polar surface area (TPSA) is 96.5 Å². The van der Waals surface area contributed by atoms with Crippen molar-refractivity contribution in [2.24, 2.45) is 10.7 Å². The molecule has 3 heterocycles. The quantitative estimate of drug-likeness (QED) is 0.437. The van der Waals surface area contributed by atoms with Crippen LogP contribution in [0.25, 0.3) is 15.7 Å². The number of benzene rings is 1. The van der Waals surface area contributed by atoms with Gasteiger partial charge in [-0.15, -0.1) is 0 Å². The van der Waals surface area contributed by atoms with Crippen LogP contribution in [0.5, 0.6) is 0 Å². The van der Waals surface area contributed by atoms with Gasteiger partial charge in [0.05, 0.1) is 5.04 Å². The van der Waals surface area contributed by atoms with Gasteiger partial charge in [-0.3, -0.25) is 9.79 Å². The summed E-state index contributed by atoms with van der Waals surface area (Å²) in [4.78, 5) is 29.3. The summed E-state index contributed by atoms with van der Waals surface area (Å²) in [5.41, 5.74) is 9.06. The number of rotatable bonds is 5. The molecular formula is C25H26N6OS. The van der Waals surface area contributed by atoms with E-state index in [-0.39, 0.29) is 11.9 Å². The van der Waals surface area contributed by atoms with E-state index < -0.39 is 0 Å². The highest BCUT2D eigenvalue weighted by Gasteiger charge is 2.25. The number of aliphatic imine (C=N–C) groups is 1. The minimum absolute atomic E-state index is 0.170. The van der Waals surface area contributed by atoms with Crippen molar-refractivity contribution >= 4 is 50.0 Å². The van der Waals surface area contributed by atoms with Gasteiger partial charge in [-0.2, -0.15) is 0 Å². The van der Waals surface area contributed by atoms with Gasteiger partial charge in [0.1, 0.15) is 11.6 Å². The molecule has 2 aliphatic rings. The standard InChI is InChI=1S/C25H26N6OS/c1-15(27-2)33-24(16-3-4-16)17-5-6-19-12-29-22(10-20(19)9-17)30-25(32)18-7-8-28-23(11-18)31-13-21(26)14-31/h5-12,21H,3-4,13-14,26H2,1-2H3,(H,29,30,32). The summed E-state index contributed by atoms with van der Waals surface area (Å²) in [5, 5.41) is 6.04. The molecule has 7 nitrogen and oxygen atoms in total. The predicted molar refractivity (Wildman–Crippen MR) is 137 cm³/mol. The van der Waals surface area contributed by atoms with Crippen LogP contribution in [0.2, 0.25) is 0 Å². The molecule has 1 aliphatic carbocycles. The van der Waals surface area contributed by atoms with E-state index in [1.54, 1.807) is 36.3 Å². The number of carbonyl (C=O) groups is 1. The molecule has 3 N–H and O–H groups in total. The normalized spacial score (nSPS) is 16.0. The highest BCUT2D eigenvalue weighted by atomic mass is 32.2. The third-order valence-electron chi connectivity index (χ3n) is 5.85. The van der Waals surface area contributed by atoms with Crippen LogP contribution >= 0.6 is 11.8 Å². The van der Waals surface area contributed by atoms with Gasteiger partial charge in [0, 0.05) is 54.4 Å². The minimum atomic E-state index is -0.211. The number of nitrogens with two attached hydrogens (primary N) is 1. The number of anilines is 2. The van der Waals surface area contributed by atoms with Crippen LogP contribution in [-0.4, -0.2) is 47.1 Å². The van der Waals surface area contributed by atoms with Crippen molar-refractivity contribution in [2.75, 3.05) is 30.4 Å². The van der Waals surface area contributed by atoms with Crippen LogP contribution in [0.3, 0.4) is 0 Å². The molecular weight excluding hydrogens is 432 g/mol. The highest BCUT2D eigenvalue weighted by molar-refractivity contribution is 8.21. The molecule has 2 aromatic heterocycles. The van der Waals surface area contributed by atoms with Crippen molar-refractivity contribution < 1.29 is 4.79 Å². The Hall–Kier alpha value is -3.23. The average Bonchev–Trinajstić information content (AvgIpc) is 3.65. The molecule has 2 fully saturated rings. The maximum Gasteiger partial charge on any atom is 0.257 e. The zero-order valence-corrected chi connectivity index (χ0v) is 19.5. The SMILES string of the molecule is CN=C(C)SC(=C1CC1)c1ccc2cnc(NC(=O)c3ccnc(N4CC(N)C4)c3)cc2c1. The fourth-order valence-corrected chi connectivity index (χ4v) is 4.77. The number of carbonyl (C=O) groups excluding carboxylic acids is 1. The van der Waals surface area contributed by atoms with E-state index in [9.17, 15) is 4.79 Å². The van der Waals surface area contributed by atoms with Crippen molar-refractivity contribution in [1.82, 2.24) is 9.97 Å². The molecule has 1 aliphatic heterocycles. The van der Waals surface area contributed by atoms with Gasteiger partial charge in [-0.05, 0) is 55.0 Å². The minimum Gasteiger partial charge on any atom is -0.353 e. The van der Waals surface area contributed by atoms with Gasteiger partial charge >= 0.3 is 0 Å². The Morgan fingerprint density at radius 1 is 1.12 bits per heavy atom. The smallest absolute Gasteiger partial charge is 0.257 e. The average molecular weight is 459 g/mol. The molecule has 168 valence electrons. The summed E-state index contributed by atoms with van der Waals surface area (Å²) < 4.78 is 0. The Morgan fingerprint density at radius 3 is 2.67 bits per heavy atom. The van der Waals surface area contributed by atoms with Crippen molar-refractivity contribution in [2.45, 2.75) is 25.8 Å². The number of pyridine rings is 2. The third kappa shape index (κ3) is 4.77. The third-order valence-corrected chi connectivity index (χ3v) is 7.06. The van der Waals surface area contributed by atoms with E-state index in [0.29, 0.717) is 11.4 Å². The second kappa shape index (κ2) is 8.96. The second-order valence-electron chi connectivity index (χ2n) is 8.43. The van der Waals surface area contributed by atoms with E-state index >= 15 is 0 Å². The number of thioether (sulfide) groups is 1. The summed E-state index contributed by atoms with van der Waals surface area (Å²) in [7, 11) is 1.82. The van der Waals surface area contributed by atoms with Crippen LogP contribution in [0.4, 0.5) is 11.6 Å². The monoisotopic (exact) mass is 458 g/mol. The second-order valence-corrected chi connectivity index (χ2v) is 9.63. The Labute approximate surface area is 197 Å². The molecule has 33 heavy (non-hydrogen) atoms. The summed E-state index contributed by atoms with van der Waals surface area (Å²) in [6.45, 7) is 3.55. The van der Waals surface area contributed by atoms with Crippen molar-refractivity contribution in [3.8, 4) is 0 Å². The zero-order valence-electron chi connectivity index (χ0n) is 18.7. The highest BCUT2D eigenvalue weighted by Crippen LogP contribution is 2.43. The Morgan fingerprint density at radius 2 is 1.94 bits per heavy atom. The fraction of sp³-hybridized carbons (Fsp3) is 0.280. The van der Waals surface area contributed by atoms with Crippen LogP contribution in [-0.2, 0) is 0 Å². The number of hydrogen-bond acceptors (Lipinski definition) is 7. The number of nitrogens with zero attached hydrogens (tertiary/aromatic N) is 4. The molecule has 5 rings (SSSR count). The molecule has 0 bridgehead atoms. The molecule has 1 amide bonds. The van der Waals surface area contributed by atoms with Crippen molar-refractivity contribution in [3.63, 3.8) is 0 Å². The van der Waals surface area contributed by atoms with E-state index in [2.05, 4.69) is 43.4 Å². The summed E-state index contributed by atoms with van der Waals surface area (Å²) in [6.07, 6.45) is 5.74. The fourth-order valence-electron chi connectivity index (χ4n) is 3.79. The molecule has 1 saturated carbocycles. The zero-order chi connectivity index (χ0) is 22.9. The number of fused-ring (bicyclic) bond motifs is 1. The van der Waals surface area contributed by atoms with Crippen LogP contribution in [0.1, 0.15) is 35.7 Å². The Bertz CT molecular complexity index is 1290. The molecule has 0 spiro atoms. The largest absolute Gasteiger partial charge is 0.353 e. The molecule has 3 aromatic rings. The lowest BCUT2D eigenvalue weighted by atomic mass is 10.1. The van der Waals surface area contributed by atoms with Gasteiger partial charge in [0.15, 0.2) is 0 Å². The van der Waals surface area contributed by atoms with Crippen LogP contribution in [0.15, 0.2) is 59.4 Å². The predicted octanol–water partition coefficient (Wildman–Crippen LogP) is 4.32. The first-order valence-electron chi connectivity index (χ1n) is 11.0. The van der Waals surface area contributed by atoms with Crippen molar-refractivity contribution in [1.29, 1.82) is 0 Å². The maximum absolute atomic E-state index is 12.9. The number of aromatic nitrogens is 2. The molecule has 1 saturated heterocycles. The Balaban J connectivity index is 1.37. The van der Waals surface area contributed by atoms with Crippen LogP contribution in [0, 0.1) is 0 Å².